The molecule has 1 amide bonds. The zero-order valence-electron chi connectivity index (χ0n) is 13.0. The maximum atomic E-state index is 12.0. The van der Waals surface area contributed by atoms with Gasteiger partial charge in [0.1, 0.15) is 0 Å². The molecule has 1 aromatic rings. The highest BCUT2D eigenvalue weighted by atomic mass is 16.1. The number of nitrogens with one attached hydrogen (secondary N) is 1. The summed E-state index contributed by atoms with van der Waals surface area (Å²) in [7, 11) is 4.23. The molecule has 0 aromatic heterocycles. The second-order valence-electron chi connectivity index (χ2n) is 5.91. The SMILES string of the molecule is CN(C)C1CCN(CCC(=O)Nc2ccc(CN)cc2)C1. The van der Waals surface area contributed by atoms with Gasteiger partial charge in [0.2, 0.25) is 5.91 Å². The maximum absolute atomic E-state index is 12.0. The van der Waals surface area contributed by atoms with Crippen LogP contribution in [0.1, 0.15) is 18.4 Å². The van der Waals surface area contributed by atoms with Crippen LogP contribution < -0.4 is 11.1 Å². The van der Waals surface area contributed by atoms with Crippen molar-refractivity contribution in [1.82, 2.24) is 9.80 Å². The minimum Gasteiger partial charge on any atom is -0.326 e. The number of nitrogens with zero attached hydrogens (tertiary/aromatic N) is 2. The summed E-state index contributed by atoms with van der Waals surface area (Å²) in [6.45, 7) is 3.50. The third kappa shape index (κ3) is 4.81. The topological polar surface area (TPSA) is 61.6 Å². The van der Waals surface area contributed by atoms with E-state index < -0.39 is 0 Å². The Bertz CT molecular complexity index is 458. The van der Waals surface area contributed by atoms with Crippen molar-refractivity contribution in [2.75, 3.05) is 39.0 Å². The molecule has 0 saturated carbocycles. The molecule has 0 bridgehead atoms. The summed E-state index contributed by atoms with van der Waals surface area (Å²) in [6, 6.07) is 8.31. The smallest absolute Gasteiger partial charge is 0.225 e. The Morgan fingerprint density at radius 3 is 2.67 bits per heavy atom. The molecule has 1 aliphatic heterocycles. The lowest BCUT2D eigenvalue weighted by atomic mass is 10.2. The molecule has 1 heterocycles. The highest BCUT2D eigenvalue weighted by Crippen LogP contribution is 2.14. The van der Waals surface area contributed by atoms with Crippen LogP contribution in [-0.4, -0.2) is 55.5 Å². The number of carbonyl (C=O) groups excluding carboxylic acids is 1. The number of rotatable bonds is 6. The summed E-state index contributed by atoms with van der Waals surface area (Å²) in [5.74, 6) is 0.0730. The Kier molecular flexibility index (Phi) is 5.73. The fourth-order valence-corrected chi connectivity index (χ4v) is 2.64. The number of carbonyl (C=O) groups is 1. The monoisotopic (exact) mass is 290 g/mol. The lowest BCUT2D eigenvalue weighted by Crippen LogP contribution is -2.32. The summed E-state index contributed by atoms with van der Waals surface area (Å²) >= 11 is 0. The fourth-order valence-electron chi connectivity index (χ4n) is 2.64. The molecule has 1 aliphatic rings. The van der Waals surface area contributed by atoms with Gasteiger partial charge in [-0.2, -0.15) is 0 Å². The van der Waals surface area contributed by atoms with E-state index in [-0.39, 0.29) is 5.91 Å². The van der Waals surface area contributed by atoms with E-state index in [1.165, 1.54) is 6.42 Å². The first-order valence-electron chi connectivity index (χ1n) is 7.56. The Labute approximate surface area is 127 Å². The first kappa shape index (κ1) is 15.9. The van der Waals surface area contributed by atoms with Crippen LogP contribution in [0.15, 0.2) is 24.3 Å². The molecule has 2 rings (SSSR count). The predicted octanol–water partition coefficient (Wildman–Crippen LogP) is 1.11. The third-order valence-corrected chi connectivity index (χ3v) is 4.11. The van der Waals surface area contributed by atoms with Crippen molar-refractivity contribution in [3.63, 3.8) is 0 Å². The van der Waals surface area contributed by atoms with Gasteiger partial charge in [0.05, 0.1) is 0 Å². The zero-order valence-corrected chi connectivity index (χ0v) is 13.0. The van der Waals surface area contributed by atoms with Crippen LogP contribution in [0.2, 0.25) is 0 Å². The first-order valence-corrected chi connectivity index (χ1v) is 7.56. The second kappa shape index (κ2) is 7.54. The molecule has 1 saturated heterocycles. The van der Waals surface area contributed by atoms with Gasteiger partial charge < -0.3 is 20.9 Å². The zero-order chi connectivity index (χ0) is 15.2. The summed E-state index contributed by atoms with van der Waals surface area (Å²) < 4.78 is 0. The molecular formula is C16H26N4O. The van der Waals surface area contributed by atoms with Gasteiger partial charge in [-0.3, -0.25) is 4.79 Å². The summed E-state index contributed by atoms with van der Waals surface area (Å²) in [5, 5.41) is 2.93. The van der Waals surface area contributed by atoms with Crippen molar-refractivity contribution in [2.45, 2.75) is 25.4 Å². The van der Waals surface area contributed by atoms with Crippen molar-refractivity contribution in [2.24, 2.45) is 5.73 Å². The molecule has 1 fully saturated rings. The van der Waals surface area contributed by atoms with Crippen molar-refractivity contribution in [1.29, 1.82) is 0 Å². The van der Waals surface area contributed by atoms with E-state index in [0.717, 1.165) is 30.9 Å². The highest BCUT2D eigenvalue weighted by Gasteiger charge is 2.23. The van der Waals surface area contributed by atoms with Gasteiger partial charge in [-0.25, -0.2) is 0 Å². The van der Waals surface area contributed by atoms with E-state index in [2.05, 4.69) is 29.2 Å². The number of likely N-dealkylation sites (N-methyl/N-ethyl adjacent to an activating group) is 1. The van der Waals surface area contributed by atoms with Crippen molar-refractivity contribution in [3.8, 4) is 0 Å². The number of nitrogens with two attached hydrogens (primary N) is 1. The lowest BCUT2D eigenvalue weighted by molar-refractivity contribution is -0.116. The number of benzene rings is 1. The maximum Gasteiger partial charge on any atom is 0.225 e. The molecular weight excluding hydrogens is 264 g/mol. The molecule has 5 heteroatoms. The van der Waals surface area contributed by atoms with Gasteiger partial charge in [0.25, 0.3) is 0 Å². The molecule has 21 heavy (non-hydrogen) atoms. The molecule has 5 nitrogen and oxygen atoms in total. The molecule has 1 aromatic carbocycles. The number of hydrogen-bond donors (Lipinski definition) is 2. The molecule has 1 atom stereocenters. The fraction of sp³-hybridized carbons (Fsp3) is 0.562. The van der Waals surface area contributed by atoms with Crippen molar-refractivity contribution >= 4 is 11.6 Å². The molecule has 3 N–H and O–H groups in total. The Morgan fingerprint density at radius 2 is 2.10 bits per heavy atom. The van der Waals surface area contributed by atoms with E-state index in [1.54, 1.807) is 0 Å². The minimum absolute atomic E-state index is 0.0730. The van der Waals surface area contributed by atoms with E-state index in [0.29, 0.717) is 19.0 Å². The average molecular weight is 290 g/mol. The van der Waals surface area contributed by atoms with Crippen LogP contribution >= 0.6 is 0 Å². The molecule has 0 spiro atoms. The Morgan fingerprint density at radius 1 is 1.38 bits per heavy atom. The molecule has 0 aliphatic carbocycles. The van der Waals surface area contributed by atoms with Crippen molar-refractivity contribution < 1.29 is 4.79 Å². The van der Waals surface area contributed by atoms with Crippen LogP contribution in [0.4, 0.5) is 5.69 Å². The van der Waals surface area contributed by atoms with Gasteiger partial charge >= 0.3 is 0 Å². The lowest BCUT2D eigenvalue weighted by Gasteiger charge is -2.20. The normalized spacial score (nSPS) is 19.1. The molecule has 1 unspecified atom stereocenters. The van der Waals surface area contributed by atoms with E-state index >= 15 is 0 Å². The van der Waals surface area contributed by atoms with Gasteiger partial charge in [-0.05, 0) is 44.8 Å². The quantitative estimate of drug-likeness (QED) is 0.824. The van der Waals surface area contributed by atoms with Crippen molar-refractivity contribution in [3.05, 3.63) is 29.8 Å². The van der Waals surface area contributed by atoms with Crippen LogP contribution in [0.3, 0.4) is 0 Å². The van der Waals surface area contributed by atoms with Gasteiger partial charge in [0.15, 0.2) is 0 Å². The molecule has 0 radical (unpaired) electrons. The van der Waals surface area contributed by atoms with Crippen LogP contribution in [0.25, 0.3) is 0 Å². The summed E-state index contributed by atoms with van der Waals surface area (Å²) in [4.78, 5) is 16.6. The first-order chi connectivity index (χ1) is 10.1. The van der Waals surface area contributed by atoms with E-state index in [9.17, 15) is 4.79 Å². The number of amides is 1. The van der Waals surface area contributed by atoms with E-state index in [4.69, 9.17) is 5.73 Å². The predicted molar refractivity (Wildman–Crippen MR) is 86.1 cm³/mol. The average Bonchev–Trinajstić information content (AvgIpc) is 2.95. The van der Waals surface area contributed by atoms with Gasteiger partial charge in [-0.15, -0.1) is 0 Å². The van der Waals surface area contributed by atoms with Crippen LogP contribution in [0, 0.1) is 0 Å². The minimum atomic E-state index is 0.0730. The van der Waals surface area contributed by atoms with Crippen LogP contribution in [0.5, 0.6) is 0 Å². The highest BCUT2D eigenvalue weighted by molar-refractivity contribution is 5.90. The Balaban J connectivity index is 1.72. The number of likely N-dealkylation sites (tertiary alicyclic amines) is 1. The summed E-state index contributed by atoms with van der Waals surface area (Å²) in [6.07, 6.45) is 1.73. The third-order valence-electron chi connectivity index (χ3n) is 4.11. The van der Waals surface area contributed by atoms with E-state index in [1.807, 2.05) is 24.3 Å². The number of hydrogen-bond acceptors (Lipinski definition) is 4. The van der Waals surface area contributed by atoms with Crippen LogP contribution in [-0.2, 0) is 11.3 Å². The number of anilines is 1. The second-order valence-corrected chi connectivity index (χ2v) is 5.91. The summed E-state index contributed by atoms with van der Waals surface area (Å²) in [5.41, 5.74) is 7.46. The molecule has 116 valence electrons. The van der Waals surface area contributed by atoms with Gasteiger partial charge in [0, 0.05) is 37.8 Å². The Hall–Kier alpha value is -1.43. The standard InChI is InChI=1S/C16H26N4O/c1-19(2)15-7-9-20(12-15)10-8-16(21)18-14-5-3-13(11-17)4-6-14/h3-6,15H,7-12,17H2,1-2H3,(H,18,21). The largest absolute Gasteiger partial charge is 0.326 e. The van der Waals surface area contributed by atoms with Gasteiger partial charge in [-0.1, -0.05) is 12.1 Å².